The molecule has 1 aromatic carbocycles. The van der Waals surface area contributed by atoms with E-state index >= 15 is 0 Å². The van der Waals surface area contributed by atoms with E-state index in [4.69, 9.17) is 14.8 Å². The summed E-state index contributed by atoms with van der Waals surface area (Å²) in [4.78, 5) is 17.6. The monoisotopic (exact) mass is 476 g/mol. The van der Waals surface area contributed by atoms with Gasteiger partial charge in [-0.05, 0) is 62.6 Å². The van der Waals surface area contributed by atoms with E-state index in [0.29, 0.717) is 12.1 Å². The molecule has 3 aliphatic rings. The van der Waals surface area contributed by atoms with Crippen molar-refractivity contribution in [2.45, 2.75) is 76.5 Å². The van der Waals surface area contributed by atoms with Crippen LogP contribution in [0.3, 0.4) is 0 Å². The first-order valence-corrected chi connectivity index (χ1v) is 13.1. The van der Waals surface area contributed by atoms with Crippen LogP contribution in [0.4, 0.5) is 11.6 Å². The van der Waals surface area contributed by atoms with Gasteiger partial charge in [-0.3, -0.25) is 4.79 Å². The van der Waals surface area contributed by atoms with E-state index in [0.717, 1.165) is 78.4 Å². The molecule has 0 bridgehead atoms. The summed E-state index contributed by atoms with van der Waals surface area (Å²) in [6.07, 6.45) is 11.4. The second-order valence-electron chi connectivity index (χ2n) is 10.2. The quantitative estimate of drug-likeness (QED) is 0.433. The van der Waals surface area contributed by atoms with E-state index in [1.54, 1.807) is 0 Å². The number of carbonyl (C=O) groups excluding carboxylic acids is 1. The van der Waals surface area contributed by atoms with Crippen LogP contribution in [0.15, 0.2) is 30.5 Å². The molecule has 6 rings (SSSR count). The van der Waals surface area contributed by atoms with Crippen molar-refractivity contribution in [3.05, 3.63) is 41.6 Å². The van der Waals surface area contributed by atoms with Crippen LogP contribution in [0.2, 0.25) is 0 Å². The molecule has 8 heteroatoms. The summed E-state index contributed by atoms with van der Waals surface area (Å²) in [7, 11) is 0. The Balaban J connectivity index is 0.00000267. The number of aromatic nitrogens is 3. The highest BCUT2D eigenvalue weighted by molar-refractivity contribution is 5.97. The van der Waals surface area contributed by atoms with E-state index < -0.39 is 0 Å². The highest BCUT2D eigenvalue weighted by atomic mass is 16.5. The summed E-state index contributed by atoms with van der Waals surface area (Å²) >= 11 is 0. The Morgan fingerprint density at radius 2 is 1.97 bits per heavy atom. The van der Waals surface area contributed by atoms with Crippen molar-refractivity contribution in [1.82, 2.24) is 19.9 Å². The second kappa shape index (κ2) is 9.49. The molecule has 2 saturated carbocycles. The number of aryl methyl sites for hydroxylation is 1. The average Bonchev–Trinajstić information content (AvgIpc) is 3.26. The maximum Gasteiger partial charge on any atom is 0.251 e. The van der Waals surface area contributed by atoms with Crippen molar-refractivity contribution >= 4 is 23.2 Å². The van der Waals surface area contributed by atoms with Gasteiger partial charge in [-0.25, -0.2) is 4.98 Å². The molecule has 1 saturated heterocycles. The van der Waals surface area contributed by atoms with Crippen molar-refractivity contribution in [3.63, 3.8) is 0 Å². The molecule has 3 aromatic rings. The van der Waals surface area contributed by atoms with Crippen molar-refractivity contribution < 1.29 is 11.0 Å². The molecule has 3 N–H and O–H groups in total. The lowest BCUT2D eigenvalue weighted by atomic mass is 10.0. The van der Waals surface area contributed by atoms with Gasteiger partial charge in [-0.1, -0.05) is 25.0 Å². The predicted molar refractivity (Wildman–Crippen MR) is 139 cm³/mol. The van der Waals surface area contributed by atoms with Gasteiger partial charge in [0.1, 0.15) is 11.6 Å². The number of fused-ring (bicyclic) bond motifs is 1. The first-order valence-electron chi connectivity index (χ1n) is 13.1. The Labute approximate surface area is 207 Å². The number of hydrogen-bond donors (Lipinski definition) is 3. The maximum absolute atomic E-state index is 12.6. The SMILES string of the molecule is Cc1cc(-c2cnn3c(NC[C@H]4CCCO4)cc(NC4CCCC4)nc23)ccc1C(=O)NC1CC1.[HH]. The normalized spacial score (nSPS) is 20.4. The summed E-state index contributed by atoms with van der Waals surface area (Å²) < 4.78 is 7.70. The molecule has 3 heterocycles. The fourth-order valence-corrected chi connectivity index (χ4v) is 5.25. The predicted octanol–water partition coefficient (Wildman–Crippen LogP) is 4.79. The molecule has 0 radical (unpaired) electrons. The Morgan fingerprint density at radius 3 is 2.71 bits per heavy atom. The lowest BCUT2D eigenvalue weighted by Crippen LogP contribution is -2.26. The summed E-state index contributed by atoms with van der Waals surface area (Å²) in [5, 5.41) is 15.0. The molecule has 1 amide bonds. The van der Waals surface area contributed by atoms with E-state index in [-0.39, 0.29) is 13.4 Å². The average molecular weight is 477 g/mol. The number of amides is 1. The molecule has 186 valence electrons. The molecule has 2 aliphatic carbocycles. The number of nitrogens with zero attached hydrogens (tertiary/aromatic N) is 3. The third-order valence-electron chi connectivity index (χ3n) is 7.41. The number of rotatable bonds is 8. The highest BCUT2D eigenvalue weighted by Gasteiger charge is 2.25. The van der Waals surface area contributed by atoms with Gasteiger partial charge in [0.25, 0.3) is 5.91 Å². The van der Waals surface area contributed by atoms with Crippen LogP contribution in [0.5, 0.6) is 0 Å². The van der Waals surface area contributed by atoms with Gasteiger partial charge in [0, 0.05) is 43.9 Å². The van der Waals surface area contributed by atoms with Crippen LogP contribution in [-0.4, -0.2) is 51.8 Å². The summed E-state index contributed by atoms with van der Waals surface area (Å²) in [5.74, 6) is 1.80. The number of nitrogens with one attached hydrogen (secondary N) is 3. The Morgan fingerprint density at radius 1 is 1.11 bits per heavy atom. The maximum atomic E-state index is 12.6. The fourth-order valence-electron chi connectivity index (χ4n) is 5.25. The zero-order valence-electron chi connectivity index (χ0n) is 20.3. The first kappa shape index (κ1) is 22.3. The van der Waals surface area contributed by atoms with Crippen LogP contribution in [0, 0.1) is 6.92 Å². The van der Waals surface area contributed by atoms with Gasteiger partial charge in [0.05, 0.1) is 12.3 Å². The summed E-state index contributed by atoms with van der Waals surface area (Å²) in [5.41, 5.74) is 4.45. The lowest BCUT2D eigenvalue weighted by molar-refractivity contribution is 0.0950. The molecule has 2 aromatic heterocycles. The topological polar surface area (TPSA) is 92.6 Å². The van der Waals surface area contributed by atoms with E-state index in [2.05, 4.69) is 28.1 Å². The smallest absolute Gasteiger partial charge is 0.251 e. The first-order chi connectivity index (χ1) is 17.1. The molecular weight excluding hydrogens is 440 g/mol. The second-order valence-corrected chi connectivity index (χ2v) is 10.2. The summed E-state index contributed by atoms with van der Waals surface area (Å²) in [6.45, 7) is 3.58. The number of ether oxygens (including phenoxy) is 1. The number of hydrogen-bond acceptors (Lipinski definition) is 6. The lowest BCUT2D eigenvalue weighted by Gasteiger charge is -2.17. The van der Waals surface area contributed by atoms with E-state index in [1.165, 1.54) is 25.7 Å². The van der Waals surface area contributed by atoms with Crippen LogP contribution < -0.4 is 16.0 Å². The van der Waals surface area contributed by atoms with Crippen LogP contribution in [0.25, 0.3) is 16.8 Å². The molecule has 1 aliphatic heterocycles. The van der Waals surface area contributed by atoms with Crippen molar-refractivity contribution in [2.24, 2.45) is 0 Å². The molecule has 0 unspecified atom stereocenters. The number of anilines is 2. The van der Waals surface area contributed by atoms with Crippen LogP contribution in [0.1, 0.15) is 68.7 Å². The zero-order chi connectivity index (χ0) is 23.8. The fraction of sp³-hybridized carbons (Fsp3) is 0.519. The standard InChI is InChI=1S/C27H34N6O2.H2/c1-17-13-18(8-11-22(17)27(34)31-20-9-10-20)23-16-29-33-25(28-15-21-7-4-12-35-21)14-24(32-26(23)33)30-19-5-2-3-6-19;/h8,11,13-14,16,19-21,28H,2-7,9-10,12,15H2,1H3,(H,30,32)(H,31,34);1H/t21-;/m1./s1. The minimum atomic E-state index is 0. The van der Waals surface area contributed by atoms with Gasteiger partial charge >= 0.3 is 0 Å². The van der Waals surface area contributed by atoms with Crippen molar-refractivity contribution in [2.75, 3.05) is 23.8 Å². The van der Waals surface area contributed by atoms with Gasteiger partial charge in [-0.15, -0.1) is 0 Å². The van der Waals surface area contributed by atoms with E-state index in [1.807, 2.05) is 29.8 Å². The highest BCUT2D eigenvalue weighted by Crippen LogP contribution is 2.30. The van der Waals surface area contributed by atoms with Gasteiger partial charge < -0.3 is 20.7 Å². The molecule has 3 fully saturated rings. The van der Waals surface area contributed by atoms with Gasteiger partial charge in [0.15, 0.2) is 5.65 Å². The van der Waals surface area contributed by atoms with Crippen LogP contribution in [-0.2, 0) is 4.74 Å². The Kier molecular flexibility index (Phi) is 6.06. The van der Waals surface area contributed by atoms with Crippen molar-refractivity contribution in [1.29, 1.82) is 0 Å². The molecule has 35 heavy (non-hydrogen) atoms. The number of benzene rings is 1. The van der Waals surface area contributed by atoms with Gasteiger partial charge in [-0.2, -0.15) is 9.61 Å². The molecule has 1 atom stereocenters. The molecule has 8 nitrogen and oxygen atoms in total. The minimum Gasteiger partial charge on any atom is -0.376 e. The molecular formula is C27H36N6O2. The summed E-state index contributed by atoms with van der Waals surface area (Å²) in [6, 6.07) is 8.86. The minimum absolute atomic E-state index is 0. The third-order valence-corrected chi connectivity index (χ3v) is 7.41. The third kappa shape index (κ3) is 4.85. The zero-order valence-corrected chi connectivity index (χ0v) is 20.3. The number of carbonyl (C=O) groups is 1. The van der Waals surface area contributed by atoms with Crippen molar-refractivity contribution in [3.8, 4) is 11.1 Å². The molecule has 0 spiro atoms. The Bertz CT molecular complexity index is 1230. The van der Waals surface area contributed by atoms with Gasteiger partial charge in [0.2, 0.25) is 0 Å². The van der Waals surface area contributed by atoms with Crippen LogP contribution >= 0.6 is 0 Å². The largest absolute Gasteiger partial charge is 0.376 e. The van der Waals surface area contributed by atoms with E-state index in [9.17, 15) is 4.79 Å². The Hall–Kier alpha value is -3.13.